The van der Waals surface area contributed by atoms with Crippen molar-refractivity contribution in [1.29, 1.82) is 0 Å². The Morgan fingerprint density at radius 1 is 1.57 bits per heavy atom. The minimum absolute atomic E-state index is 0.283. The van der Waals surface area contributed by atoms with Crippen LogP contribution in [0.5, 0.6) is 0 Å². The summed E-state index contributed by atoms with van der Waals surface area (Å²) < 4.78 is 9.92. The van der Waals surface area contributed by atoms with E-state index in [1.807, 2.05) is 0 Å². The van der Waals surface area contributed by atoms with E-state index in [0.29, 0.717) is 36.5 Å². The molecule has 0 aliphatic heterocycles. The third-order valence-electron chi connectivity index (χ3n) is 2.04. The Labute approximate surface area is 83.4 Å². The average Bonchev–Trinajstić information content (AvgIpc) is 2.19. The molecular formula is C10H15NO3. The van der Waals surface area contributed by atoms with Crippen LogP contribution >= 0.6 is 0 Å². The van der Waals surface area contributed by atoms with Crippen LogP contribution in [0.4, 0.5) is 0 Å². The van der Waals surface area contributed by atoms with Crippen LogP contribution < -0.4 is 5.73 Å². The zero-order valence-electron chi connectivity index (χ0n) is 8.50. The van der Waals surface area contributed by atoms with Crippen molar-refractivity contribution in [2.45, 2.75) is 19.8 Å². The minimum atomic E-state index is -0.283. The van der Waals surface area contributed by atoms with Crippen molar-refractivity contribution in [2.24, 2.45) is 5.73 Å². The summed E-state index contributed by atoms with van der Waals surface area (Å²) in [5.74, 6) is 0.286. The molecule has 0 saturated carbocycles. The van der Waals surface area contributed by atoms with Gasteiger partial charge in [0.05, 0.1) is 19.4 Å². The molecule has 0 saturated heterocycles. The molecule has 78 valence electrons. The van der Waals surface area contributed by atoms with Crippen LogP contribution in [0.2, 0.25) is 0 Å². The topological polar surface area (TPSA) is 61.5 Å². The lowest BCUT2D eigenvalue weighted by Gasteiger charge is -2.15. The van der Waals surface area contributed by atoms with Crippen molar-refractivity contribution in [3.63, 3.8) is 0 Å². The Balaban J connectivity index is 2.78. The Bertz CT molecular complexity index is 292. The Kier molecular flexibility index (Phi) is 3.56. The van der Waals surface area contributed by atoms with Crippen LogP contribution in [0, 0.1) is 0 Å². The highest BCUT2D eigenvalue weighted by atomic mass is 16.5. The molecular weight excluding hydrogens is 182 g/mol. The zero-order valence-corrected chi connectivity index (χ0v) is 8.50. The summed E-state index contributed by atoms with van der Waals surface area (Å²) in [5, 5.41) is 0. The van der Waals surface area contributed by atoms with Crippen LogP contribution in [-0.4, -0.2) is 19.7 Å². The molecule has 0 aromatic heterocycles. The second kappa shape index (κ2) is 4.69. The van der Waals surface area contributed by atoms with Gasteiger partial charge in [0.25, 0.3) is 0 Å². The smallest absolute Gasteiger partial charge is 0.334 e. The number of carbonyl (C=O) groups is 1. The first-order valence-electron chi connectivity index (χ1n) is 4.59. The number of carbonyl (C=O) groups excluding carboxylic acids is 1. The van der Waals surface area contributed by atoms with E-state index >= 15 is 0 Å². The van der Waals surface area contributed by atoms with Gasteiger partial charge in [-0.25, -0.2) is 4.79 Å². The van der Waals surface area contributed by atoms with Gasteiger partial charge < -0.3 is 15.2 Å². The summed E-state index contributed by atoms with van der Waals surface area (Å²) in [6.07, 6.45) is 2.92. The fraction of sp³-hybridized carbons (Fsp3) is 0.500. The van der Waals surface area contributed by atoms with Crippen molar-refractivity contribution in [2.75, 3.05) is 13.7 Å². The summed E-state index contributed by atoms with van der Waals surface area (Å²) in [5.41, 5.74) is 6.99. The number of esters is 1. The lowest BCUT2D eigenvalue weighted by atomic mass is 10.0. The SMILES string of the molecule is CCOC(=O)C1=CC(OC)=C(N)CC1. The Morgan fingerprint density at radius 3 is 2.86 bits per heavy atom. The van der Waals surface area contributed by atoms with Gasteiger partial charge in [0, 0.05) is 5.57 Å². The summed E-state index contributed by atoms with van der Waals surface area (Å²) in [6, 6.07) is 0. The number of rotatable bonds is 3. The van der Waals surface area contributed by atoms with Crippen LogP contribution in [0.25, 0.3) is 0 Å². The minimum Gasteiger partial charge on any atom is -0.495 e. The van der Waals surface area contributed by atoms with Gasteiger partial charge in [-0.3, -0.25) is 0 Å². The molecule has 0 radical (unpaired) electrons. The molecule has 0 atom stereocenters. The van der Waals surface area contributed by atoms with Gasteiger partial charge in [0.1, 0.15) is 5.76 Å². The van der Waals surface area contributed by atoms with Crippen molar-refractivity contribution in [3.05, 3.63) is 23.1 Å². The number of nitrogens with two attached hydrogens (primary N) is 1. The van der Waals surface area contributed by atoms with Gasteiger partial charge in [0.15, 0.2) is 0 Å². The number of hydrogen-bond donors (Lipinski definition) is 1. The van der Waals surface area contributed by atoms with E-state index in [4.69, 9.17) is 15.2 Å². The van der Waals surface area contributed by atoms with Crippen molar-refractivity contribution in [1.82, 2.24) is 0 Å². The maximum Gasteiger partial charge on any atom is 0.334 e. The molecule has 0 heterocycles. The van der Waals surface area contributed by atoms with E-state index in [1.54, 1.807) is 13.0 Å². The number of allylic oxidation sites excluding steroid dienone is 2. The molecule has 0 unspecified atom stereocenters. The summed E-state index contributed by atoms with van der Waals surface area (Å²) in [4.78, 5) is 11.4. The van der Waals surface area contributed by atoms with Crippen molar-refractivity contribution >= 4 is 5.97 Å². The maximum absolute atomic E-state index is 11.4. The molecule has 4 heteroatoms. The standard InChI is InChI=1S/C10H15NO3/c1-3-14-10(12)7-4-5-8(11)9(6-7)13-2/h6H,3-5,11H2,1-2H3. The first-order chi connectivity index (χ1) is 6.69. The zero-order chi connectivity index (χ0) is 10.6. The predicted molar refractivity (Wildman–Crippen MR) is 52.2 cm³/mol. The van der Waals surface area contributed by atoms with Crippen LogP contribution in [0.3, 0.4) is 0 Å². The van der Waals surface area contributed by atoms with E-state index in [-0.39, 0.29) is 5.97 Å². The number of ether oxygens (including phenoxy) is 2. The fourth-order valence-corrected chi connectivity index (χ4v) is 1.29. The van der Waals surface area contributed by atoms with Crippen LogP contribution in [0.1, 0.15) is 19.8 Å². The van der Waals surface area contributed by atoms with Gasteiger partial charge in [0.2, 0.25) is 0 Å². The molecule has 2 N–H and O–H groups in total. The van der Waals surface area contributed by atoms with Gasteiger partial charge in [-0.2, -0.15) is 0 Å². The van der Waals surface area contributed by atoms with Crippen LogP contribution in [-0.2, 0) is 14.3 Å². The van der Waals surface area contributed by atoms with Gasteiger partial charge in [-0.15, -0.1) is 0 Å². The van der Waals surface area contributed by atoms with E-state index in [2.05, 4.69) is 0 Å². The molecule has 0 bridgehead atoms. The molecule has 0 spiro atoms. The maximum atomic E-state index is 11.4. The quantitative estimate of drug-likeness (QED) is 0.688. The first-order valence-corrected chi connectivity index (χ1v) is 4.59. The molecule has 0 fully saturated rings. The third-order valence-corrected chi connectivity index (χ3v) is 2.04. The molecule has 1 rings (SSSR count). The third kappa shape index (κ3) is 2.28. The van der Waals surface area contributed by atoms with E-state index in [0.717, 1.165) is 0 Å². The molecule has 1 aliphatic carbocycles. The molecule has 4 nitrogen and oxygen atoms in total. The van der Waals surface area contributed by atoms with E-state index < -0.39 is 0 Å². The van der Waals surface area contributed by atoms with Crippen LogP contribution in [0.15, 0.2) is 23.1 Å². The highest BCUT2D eigenvalue weighted by Crippen LogP contribution is 2.21. The molecule has 0 amide bonds. The largest absolute Gasteiger partial charge is 0.495 e. The molecule has 1 aliphatic rings. The normalized spacial score (nSPS) is 16.3. The monoisotopic (exact) mass is 197 g/mol. The van der Waals surface area contributed by atoms with Gasteiger partial charge in [-0.1, -0.05) is 0 Å². The number of hydrogen-bond acceptors (Lipinski definition) is 4. The summed E-state index contributed by atoms with van der Waals surface area (Å²) in [6.45, 7) is 2.17. The summed E-state index contributed by atoms with van der Waals surface area (Å²) in [7, 11) is 1.53. The second-order valence-corrected chi connectivity index (χ2v) is 2.98. The Hall–Kier alpha value is -1.45. The highest BCUT2D eigenvalue weighted by molar-refractivity contribution is 5.89. The van der Waals surface area contributed by atoms with Crippen molar-refractivity contribution < 1.29 is 14.3 Å². The summed E-state index contributed by atoms with van der Waals surface area (Å²) >= 11 is 0. The number of methoxy groups -OCH3 is 1. The second-order valence-electron chi connectivity index (χ2n) is 2.98. The lowest BCUT2D eigenvalue weighted by molar-refractivity contribution is -0.138. The lowest BCUT2D eigenvalue weighted by Crippen LogP contribution is -2.14. The predicted octanol–water partition coefficient (Wildman–Crippen LogP) is 1.09. The average molecular weight is 197 g/mol. The molecule has 0 aromatic rings. The van der Waals surface area contributed by atoms with Crippen molar-refractivity contribution in [3.8, 4) is 0 Å². The Morgan fingerprint density at radius 2 is 2.29 bits per heavy atom. The highest BCUT2D eigenvalue weighted by Gasteiger charge is 2.17. The molecule has 14 heavy (non-hydrogen) atoms. The van der Waals surface area contributed by atoms with Gasteiger partial charge >= 0.3 is 5.97 Å². The molecule has 0 aromatic carbocycles. The fourth-order valence-electron chi connectivity index (χ4n) is 1.29. The van der Waals surface area contributed by atoms with E-state index in [9.17, 15) is 4.79 Å². The first kappa shape index (κ1) is 10.6. The van der Waals surface area contributed by atoms with E-state index in [1.165, 1.54) is 7.11 Å². The van der Waals surface area contributed by atoms with Gasteiger partial charge in [-0.05, 0) is 25.8 Å².